The number of nitrogens with zero attached hydrogens (tertiary/aromatic N) is 6. The maximum Gasteiger partial charge on any atom is 0.255 e. The van der Waals surface area contributed by atoms with Crippen LogP contribution in [-0.2, 0) is 13.0 Å². The van der Waals surface area contributed by atoms with Crippen molar-refractivity contribution in [2.45, 2.75) is 58.3 Å². The van der Waals surface area contributed by atoms with Crippen LogP contribution in [0.2, 0.25) is 0 Å². The Bertz CT molecular complexity index is 847. The number of rotatable bonds is 3. The number of carbonyl (C=O) groups excluding carboxylic acids is 1. The van der Waals surface area contributed by atoms with Gasteiger partial charge in [0.25, 0.3) is 5.91 Å². The van der Waals surface area contributed by atoms with E-state index >= 15 is 0 Å². The molecule has 8 heteroatoms. The van der Waals surface area contributed by atoms with E-state index in [0.29, 0.717) is 50.6 Å². The van der Waals surface area contributed by atoms with Crippen LogP contribution in [-0.4, -0.2) is 72.3 Å². The van der Waals surface area contributed by atoms with Gasteiger partial charge in [0, 0.05) is 50.5 Å². The molecule has 2 atom stereocenters. The minimum absolute atomic E-state index is 0.00728. The Morgan fingerprint density at radius 3 is 2.75 bits per heavy atom. The fourth-order valence-corrected chi connectivity index (χ4v) is 4.23. The smallest absolute Gasteiger partial charge is 0.255 e. The molecular weight excluding hydrogens is 356 g/mol. The lowest BCUT2D eigenvalue weighted by Crippen LogP contribution is -2.35. The van der Waals surface area contributed by atoms with Crippen LogP contribution in [0.4, 0.5) is 0 Å². The molecule has 1 saturated heterocycles. The Labute approximate surface area is 165 Å². The molecule has 0 bridgehead atoms. The van der Waals surface area contributed by atoms with Gasteiger partial charge < -0.3 is 14.6 Å². The first kappa shape index (κ1) is 19.0. The first-order valence-corrected chi connectivity index (χ1v) is 10.0. The van der Waals surface area contributed by atoms with Crippen molar-refractivity contribution in [3.05, 3.63) is 41.2 Å². The van der Waals surface area contributed by atoms with Gasteiger partial charge in [0.2, 0.25) is 0 Å². The number of hydrogen-bond acceptors (Lipinski definition) is 6. The number of carbonyl (C=O) groups is 1. The summed E-state index contributed by atoms with van der Waals surface area (Å²) >= 11 is 0. The third-order valence-corrected chi connectivity index (χ3v) is 5.78. The number of fused-ring (bicyclic) bond motifs is 1. The summed E-state index contributed by atoms with van der Waals surface area (Å²) < 4.78 is 2.15. The summed E-state index contributed by atoms with van der Waals surface area (Å²) in [6, 6.07) is 4.10. The molecule has 1 amide bonds. The lowest BCUT2D eigenvalue weighted by atomic mass is 10.1. The average Bonchev–Trinajstić information content (AvgIpc) is 3.18. The second-order valence-electron chi connectivity index (χ2n) is 8.05. The maximum absolute atomic E-state index is 12.9. The van der Waals surface area contributed by atoms with E-state index in [1.54, 1.807) is 6.20 Å². The van der Waals surface area contributed by atoms with Crippen molar-refractivity contribution in [3.63, 3.8) is 0 Å². The van der Waals surface area contributed by atoms with Gasteiger partial charge in [0.05, 0.1) is 17.7 Å². The van der Waals surface area contributed by atoms with E-state index in [1.165, 1.54) is 0 Å². The predicted octanol–water partition coefficient (Wildman–Crippen LogP) is 1.20. The number of aromatic nitrogens is 4. The molecule has 2 aliphatic heterocycles. The highest BCUT2D eigenvalue weighted by Crippen LogP contribution is 2.33. The van der Waals surface area contributed by atoms with E-state index in [-0.39, 0.29) is 18.1 Å². The van der Waals surface area contributed by atoms with Gasteiger partial charge in [-0.1, -0.05) is 0 Å². The quantitative estimate of drug-likeness (QED) is 0.856. The highest BCUT2D eigenvalue weighted by molar-refractivity contribution is 5.93. The molecule has 0 aromatic carbocycles. The Morgan fingerprint density at radius 2 is 2.04 bits per heavy atom. The third-order valence-electron chi connectivity index (χ3n) is 5.78. The number of amides is 1. The summed E-state index contributed by atoms with van der Waals surface area (Å²) in [5, 5.41) is 19.1. The fraction of sp³-hybridized carbons (Fsp3) is 0.600. The lowest BCUT2D eigenvalue weighted by Gasteiger charge is -2.27. The largest absolute Gasteiger partial charge is 0.392 e. The minimum Gasteiger partial charge on any atom is -0.392 e. The maximum atomic E-state index is 12.9. The predicted molar refractivity (Wildman–Crippen MR) is 104 cm³/mol. The van der Waals surface area contributed by atoms with Crippen LogP contribution in [0.15, 0.2) is 18.3 Å². The summed E-state index contributed by atoms with van der Waals surface area (Å²) in [4.78, 5) is 21.3. The molecule has 4 rings (SSSR count). The normalized spacial score (nSPS) is 23.1. The Kier molecular flexibility index (Phi) is 5.16. The molecule has 0 saturated carbocycles. The van der Waals surface area contributed by atoms with Crippen molar-refractivity contribution in [2.75, 3.05) is 19.6 Å². The fourth-order valence-electron chi connectivity index (χ4n) is 4.23. The summed E-state index contributed by atoms with van der Waals surface area (Å²) in [5.41, 5.74) is 1.52. The van der Waals surface area contributed by atoms with Crippen LogP contribution in [0.1, 0.15) is 54.0 Å². The molecule has 1 N–H and O–H groups in total. The third kappa shape index (κ3) is 3.54. The molecule has 2 aliphatic rings. The Morgan fingerprint density at radius 1 is 1.21 bits per heavy atom. The molecule has 0 aliphatic carbocycles. The zero-order chi connectivity index (χ0) is 19.8. The highest BCUT2D eigenvalue weighted by atomic mass is 16.3. The van der Waals surface area contributed by atoms with E-state index in [1.807, 2.05) is 24.0 Å². The number of aliphatic hydroxyl groups excluding tert-OH is 1. The molecular formula is C20H28N6O2. The Balaban J connectivity index is 1.52. The number of likely N-dealkylation sites (tertiary alicyclic amines) is 1. The number of aliphatic hydroxyl groups is 1. The van der Waals surface area contributed by atoms with Gasteiger partial charge in [-0.05, 0) is 39.3 Å². The van der Waals surface area contributed by atoms with Crippen molar-refractivity contribution in [1.29, 1.82) is 0 Å². The molecule has 4 heterocycles. The summed E-state index contributed by atoms with van der Waals surface area (Å²) in [6.07, 6.45) is 2.66. The van der Waals surface area contributed by atoms with Crippen LogP contribution in [0.25, 0.3) is 0 Å². The van der Waals surface area contributed by atoms with Gasteiger partial charge in [0.1, 0.15) is 5.82 Å². The standard InChI is InChI=1S/C20H28N6O2/c1-13(2)26-12-16(27)10-17(26)19-23-22-18-6-7-24(8-9-25(18)19)20(28)15-5-4-14(3)21-11-15/h4-5,11,13,16-17,27H,6-10,12H2,1-3H3/t16-,17+/m1/s1. The summed E-state index contributed by atoms with van der Waals surface area (Å²) in [5.74, 6) is 1.83. The van der Waals surface area contributed by atoms with Crippen LogP contribution >= 0.6 is 0 Å². The molecule has 150 valence electrons. The van der Waals surface area contributed by atoms with Gasteiger partial charge in [-0.25, -0.2) is 0 Å². The van der Waals surface area contributed by atoms with Crippen LogP contribution in [0, 0.1) is 6.92 Å². The molecule has 2 aromatic heterocycles. The van der Waals surface area contributed by atoms with E-state index in [2.05, 4.69) is 38.5 Å². The van der Waals surface area contributed by atoms with Crippen molar-refractivity contribution in [2.24, 2.45) is 0 Å². The van der Waals surface area contributed by atoms with Crippen molar-refractivity contribution >= 4 is 5.91 Å². The highest BCUT2D eigenvalue weighted by Gasteiger charge is 2.37. The average molecular weight is 384 g/mol. The van der Waals surface area contributed by atoms with Gasteiger partial charge in [0.15, 0.2) is 5.82 Å². The van der Waals surface area contributed by atoms with E-state index in [4.69, 9.17) is 0 Å². The molecule has 28 heavy (non-hydrogen) atoms. The molecule has 0 spiro atoms. The second-order valence-corrected chi connectivity index (χ2v) is 8.05. The first-order chi connectivity index (χ1) is 13.4. The van der Waals surface area contributed by atoms with Crippen LogP contribution < -0.4 is 0 Å². The molecule has 8 nitrogen and oxygen atoms in total. The molecule has 2 aromatic rings. The first-order valence-electron chi connectivity index (χ1n) is 10.0. The minimum atomic E-state index is -0.335. The van der Waals surface area contributed by atoms with Crippen molar-refractivity contribution < 1.29 is 9.90 Å². The van der Waals surface area contributed by atoms with Gasteiger partial charge in [-0.15, -0.1) is 10.2 Å². The summed E-state index contributed by atoms with van der Waals surface area (Å²) in [7, 11) is 0. The number of pyridine rings is 1. The van der Waals surface area contributed by atoms with Crippen LogP contribution in [0.3, 0.4) is 0 Å². The van der Waals surface area contributed by atoms with Crippen molar-refractivity contribution in [3.8, 4) is 0 Å². The Hall–Kier alpha value is -2.32. The topological polar surface area (TPSA) is 87.4 Å². The number of aryl methyl sites for hydroxylation is 1. The molecule has 0 unspecified atom stereocenters. The monoisotopic (exact) mass is 384 g/mol. The zero-order valence-corrected chi connectivity index (χ0v) is 16.7. The molecule has 0 radical (unpaired) electrons. The number of β-amino-alcohol motifs (C(OH)–C–C–N with tert-alkyl or cyclic N) is 1. The summed E-state index contributed by atoms with van der Waals surface area (Å²) in [6.45, 7) is 8.75. The lowest BCUT2D eigenvalue weighted by molar-refractivity contribution is 0.0757. The van der Waals surface area contributed by atoms with E-state index in [0.717, 1.165) is 17.3 Å². The van der Waals surface area contributed by atoms with Gasteiger partial charge in [-0.3, -0.25) is 14.7 Å². The second kappa shape index (κ2) is 7.60. The van der Waals surface area contributed by atoms with E-state index < -0.39 is 0 Å². The van der Waals surface area contributed by atoms with Gasteiger partial charge >= 0.3 is 0 Å². The van der Waals surface area contributed by atoms with E-state index in [9.17, 15) is 9.90 Å². The van der Waals surface area contributed by atoms with Crippen molar-refractivity contribution in [1.82, 2.24) is 29.5 Å². The zero-order valence-electron chi connectivity index (χ0n) is 16.7. The molecule has 1 fully saturated rings. The van der Waals surface area contributed by atoms with Crippen LogP contribution in [0.5, 0.6) is 0 Å². The SMILES string of the molecule is Cc1ccc(C(=O)N2CCc3nnc([C@@H]4C[C@@H](O)CN4C(C)C)n3CC2)cn1. The van der Waals surface area contributed by atoms with Gasteiger partial charge in [-0.2, -0.15) is 0 Å². The number of hydrogen-bond donors (Lipinski definition) is 1.